The minimum Gasteiger partial charge on any atom is -0.781 e. The Kier molecular flexibility index (Phi) is 19.5. The Balaban J connectivity index is -0.000000150. The molecular formula is C4H10CdO6P2. The Hall–Kier alpha value is 0.962. The van der Waals surface area contributed by atoms with Gasteiger partial charge in [-0.05, 0) is 6.92 Å². The minimum atomic E-state index is -3.51. The summed E-state index contributed by atoms with van der Waals surface area (Å²) >= 11 is 0. The van der Waals surface area contributed by atoms with Gasteiger partial charge in [-0.1, -0.05) is 12.2 Å². The first kappa shape index (κ1) is 19.5. The molecule has 0 fully saturated rings. The molecule has 0 saturated heterocycles. The van der Waals surface area contributed by atoms with E-state index in [1.807, 2.05) is 0 Å². The number of hydrogen-bond acceptors (Lipinski definition) is 6. The molecule has 6 nitrogen and oxygen atoms in total. The van der Waals surface area contributed by atoms with E-state index in [0.29, 0.717) is 0 Å². The van der Waals surface area contributed by atoms with Gasteiger partial charge in [0.05, 0.1) is 6.61 Å². The first-order valence-corrected chi connectivity index (χ1v) is 5.20. The molecule has 0 aromatic carbocycles. The van der Waals surface area contributed by atoms with Crippen molar-refractivity contribution in [3.05, 3.63) is 12.2 Å². The third kappa shape index (κ3) is 32.1. The maximum absolute atomic E-state index is 9.29. The van der Waals surface area contributed by atoms with E-state index in [9.17, 15) is 18.9 Å². The van der Waals surface area contributed by atoms with Crippen molar-refractivity contribution < 1.29 is 55.6 Å². The molecule has 0 saturated carbocycles. The third-order valence-corrected chi connectivity index (χ3v) is 1.77. The van der Waals surface area contributed by atoms with E-state index in [2.05, 4.69) is 10.9 Å². The zero-order valence-electron chi connectivity index (χ0n) is 7.11. The van der Waals surface area contributed by atoms with Crippen LogP contribution >= 0.6 is 16.5 Å². The molecule has 0 aromatic rings. The molecule has 13 heavy (non-hydrogen) atoms. The fourth-order valence-electron chi connectivity index (χ4n) is 0.0680. The summed E-state index contributed by atoms with van der Waals surface area (Å²) in [4.78, 5) is 18.6. The van der Waals surface area contributed by atoms with Crippen molar-refractivity contribution in [2.45, 2.75) is 6.92 Å². The van der Waals surface area contributed by atoms with Gasteiger partial charge < -0.3 is 24.0 Å². The first-order chi connectivity index (χ1) is 5.40. The van der Waals surface area contributed by atoms with Crippen molar-refractivity contribution in [2.24, 2.45) is 0 Å². The van der Waals surface area contributed by atoms with Gasteiger partial charge in [0.15, 0.2) is 0 Å². The summed E-state index contributed by atoms with van der Waals surface area (Å²) in [7, 11) is -7.03. The Morgan fingerprint density at radius 3 is 1.69 bits per heavy atom. The van der Waals surface area contributed by atoms with Crippen LogP contribution in [0.1, 0.15) is 6.92 Å². The largest absolute Gasteiger partial charge is 2.00 e. The Bertz CT molecular complexity index is 171. The van der Waals surface area contributed by atoms with Gasteiger partial charge in [-0.2, -0.15) is 0 Å². The predicted octanol–water partition coefficient (Wildman–Crippen LogP) is -0.945. The number of rotatable bonds is 3. The van der Waals surface area contributed by atoms with E-state index in [4.69, 9.17) is 5.11 Å². The molecule has 0 amide bonds. The van der Waals surface area contributed by atoms with Crippen LogP contribution in [0.3, 0.4) is 0 Å². The summed E-state index contributed by atoms with van der Waals surface area (Å²) in [5, 5.41) is 8.04. The molecule has 0 aliphatic rings. The number of aliphatic hydroxyl groups excluding tert-OH is 1. The Labute approximate surface area is 97.7 Å². The van der Waals surface area contributed by atoms with Gasteiger partial charge in [-0.25, -0.2) is 0 Å². The van der Waals surface area contributed by atoms with Crippen molar-refractivity contribution in [3.8, 4) is 0 Å². The van der Waals surface area contributed by atoms with Gasteiger partial charge in [-0.3, -0.25) is 4.31 Å². The first-order valence-electron chi connectivity index (χ1n) is 2.75. The van der Waals surface area contributed by atoms with Crippen molar-refractivity contribution in [3.63, 3.8) is 0 Å². The summed E-state index contributed by atoms with van der Waals surface area (Å²) in [6.07, 6.45) is 0. The van der Waals surface area contributed by atoms with E-state index in [1.54, 1.807) is 6.92 Å². The Morgan fingerprint density at radius 1 is 1.46 bits per heavy atom. The van der Waals surface area contributed by atoms with Gasteiger partial charge in [0.2, 0.25) is 0 Å². The van der Waals surface area contributed by atoms with Crippen LogP contribution in [0.2, 0.25) is 0 Å². The summed E-state index contributed by atoms with van der Waals surface area (Å²) in [6.45, 7) is 5.31. The summed E-state index contributed by atoms with van der Waals surface area (Å²) in [5.41, 5.74) is 0.810. The standard InChI is InChI=1S/C4H8O.Cd.H4O5P2/c1-4(2)3-5;;1-6(2)5-7(3)4/h5H,1,3H2,2H3;;6-7H,(H,1,2)(H,3,4)/q;+2;/p-2. The van der Waals surface area contributed by atoms with E-state index in [1.165, 1.54) is 0 Å². The second kappa shape index (κ2) is 13.0. The van der Waals surface area contributed by atoms with Gasteiger partial charge in [0.1, 0.15) is 16.5 Å². The van der Waals surface area contributed by atoms with E-state index < -0.39 is 16.5 Å². The molecule has 2 unspecified atom stereocenters. The monoisotopic (exact) mass is 330 g/mol. The molecule has 9 heteroatoms. The van der Waals surface area contributed by atoms with Crippen LogP contribution in [0.25, 0.3) is 0 Å². The second-order valence-electron chi connectivity index (χ2n) is 1.72. The van der Waals surface area contributed by atoms with Gasteiger partial charge in [0.25, 0.3) is 0 Å². The maximum atomic E-state index is 9.29. The smallest absolute Gasteiger partial charge is 0.781 e. The average molecular weight is 328 g/mol. The van der Waals surface area contributed by atoms with Crippen LogP contribution in [0.15, 0.2) is 12.2 Å². The normalized spacial score (nSPS) is 12.9. The topological polar surface area (TPSA) is 110 Å². The van der Waals surface area contributed by atoms with Gasteiger partial charge in [0, 0.05) is 0 Å². The van der Waals surface area contributed by atoms with Crippen LogP contribution in [-0.2, 0) is 40.7 Å². The number of hydrogen-bond donors (Lipinski definition) is 1. The van der Waals surface area contributed by atoms with Crippen molar-refractivity contribution in [1.29, 1.82) is 0 Å². The summed E-state index contributed by atoms with van der Waals surface area (Å²) < 4.78 is 21.8. The van der Waals surface area contributed by atoms with Crippen LogP contribution in [0, 0.1) is 0 Å². The van der Waals surface area contributed by atoms with Crippen LogP contribution in [-0.4, -0.2) is 11.7 Å². The van der Waals surface area contributed by atoms with Crippen LogP contribution in [0.4, 0.5) is 0 Å². The summed E-state index contributed by atoms with van der Waals surface area (Å²) in [6, 6.07) is 0. The van der Waals surface area contributed by atoms with Crippen LogP contribution < -0.4 is 9.79 Å². The van der Waals surface area contributed by atoms with E-state index in [-0.39, 0.29) is 33.9 Å². The van der Waals surface area contributed by atoms with E-state index in [0.717, 1.165) is 5.57 Å². The molecule has 0 aliphatic carbocycles. The third-order valence-electron chi connectivity index (χ3n) is 0.437. The number of aliphatic hydroxyl groups is 1. The molecule has 0 radical (unpaired) electrons. The van der Waals surface area contributed by atoms with Crippen LogP contribution in [0.5, 0.6) is 0 Å². The molecule has 1 N–H and O–H groups in total. The molecule has 0 bridgehead atoms. The van der Waals surface area contributed by atoms with Crippen molar-refractivity contribution in [2.75, 3.05) is 6.61 Å². The fraction of sp³-hybridized carbons (Fsp3) is 0.500. The zero-order chi connectivity index (χ0) is 10.1. The fourth-order valence-corrected chi connectivity index (χ4v) is 0.612. The maximum Gasteiger partial charge on any atom is 2.00 e. The average Bonchev–Trinajstić information content (AvgIpc) is 1.85. The molecule has 0 heterocycles. The SMILES string of the molecule is C=C(C)CO.O=[PH]([O-])O[PH](=O)[O-].[Cd+2]. The summed E-state index contributed by atoms with van der Waals surface area (Å²) in [5.74, 6) is 0. The molecule has 2 atom stereocenters. The quantitative estimate of drug-likeness (QED) is 0.406. The van der Waals surface area contributed by atoms with Gasteiger partial charge in [-0.15, -0.1) is 0 Å². The van der Waals surface area contributed by atoms with E-state index >= 15 is 0 Å². The molecule has 0 spiro atoms. The molecule has 0 rings (SSSR count). The molecular weight excluding hydrogens is 318 g/mol. The predicted molar refractivity (Wildman–Crippen MR) is 41.0 cm³/mol. The molecule has 0 aliphatic heterocycles. The Morgan fingerprint density at radius 2 is 1.69 bits per heavy atom. The van der Waals surface area contributed by atoms with Crippen molar-refractivity contribution in [1.82, 2.24) is 0 Å². The second-order valence-corrected chi connectivity index (χ2v) is 3.53. The zero-order valence-corrected chi connectivity index (χ0v) is 13.1. The van der Waals surface area contributed by atoms with Crippen molar-refractivity contribution >= 4 is 16.5 Å². The minimum absolute atomic E-state index is 0. The molecule has 0 aromatic heterocycles. The molecule has 74 valence electrons. The van der Waals surface area contributed by atoms with Gasteiger partial charge >= 0.3 is 27.3 Å².